The lowest BCUT2D eigenvalue weighted by Gasteiger charge is -2.24. The second kappa shape index (κ2) is 4.32. The monoisotopic (exact) mass is 200 g/mol. The summed E-state index contributed by atoms with van der Waals surface area (Å²) in [6.07, 6.45) is 2.01. The highest BCUT2D eigenvalue weighted by Crippen LogP contribution is 2.12. The van der Waals surface area contributed by atoms with Gasteiger partial charge in [-0.15, -0.1) is 0 Å². The zero-order chi connectivity index (χ0) is 9.84. The first kappa shape index (κ1) is 10.1. The summed E-state index contributed by atoms with van der Waals surface area (Å²) >= 11 is 4.67. The van der Waals surface area contributed by atoms with Gasteiger partial charge in [0.05, 0.1) is 4.99 Å². The van der Waals surface area contributed by atoms with E-state index in [1.165, 1.54) is 4.90 Å². The number of piperidine rings is 1. The summed E-state index contributed by atoms with van der Waals surface area (Å²) in [7, 11) is 0. The van der Waals surface area contributed by atoms with E-state index >= 15 is 0 Å². The van der Waals surface area contributed by atoms with Crippen LogP contribution < -0.4 is 5.73 Å². The van der Waals surface area contributed by atoms with Crippen molar-refractivity contribution in [2.24, 2.45) is 5.73 Å². The molecule has 13 heavy (non-hydrogen) atoms. The zero-order valence-electron chi connectivity index (χ0n) is 7.28. The van der Waals surface area contributed by atoms with E-state index in [0.717, 1.165) is 0 Å². The summed E-state index contributed by atoms with van der Waals surface area (Å²) in [4.78, 5) is 24.1. The minimum Gasteiger partial charge on any atom is -0.393 e. The first-order valence-corrected chi connectivity index (χ1v) is 4.63. The van der Waals surface area contributed by atoms with Crippen LogP contribution in [0.5, 0.6) is 0 Å². The van der Waals surface area contributed by atoms with Gasteiger partial charge in [-0.05, 0) is 6.42 Å². The van der Waals surface area contributed by atoms with Gasteiger partial charge in [0.2, 0.25) is 11.8 Å². The van der Waals surface area contributed by atoms with Crippen LogP contribution in [0.3, 0.4) is 0 Å². The molecule has 0 aromatic carbocycles. The SMILES string of the molecule is NC(=S)CCN1C(=O)CCCC1=O. The maximum absolute atomic E-state index is 11.2. The summed E-state index contributed by atoms with van der Waals surface area (Å²) in [6.45, 7) is 0.340. The summed E-state index contributed by atoms with van der Waals surface area (Å²) < 4.78 is 0. The van der Waals surface area contributed by atoms with Gasteiger partial charge in [0.1, 0.15) is 0 Å². The molecule has 0 radical (unpaired) electrons. The largest absolute Gasteiger partial charge is 0.393 e. The second-order valence-electron chi connectivity index (χ2n) is 3.01. The van der Waals surface area contributed by atoms with Gasteiger partial charge in [-0.1, -0.05) is 12.2 Å². The average Bonchev–Trinajstić information content (AvgIpc) is 2.03. The molecule has 0 spiro atoms. The van der Waals surface area contributed by atoms with Crippen LogP contribution in [0.25, 0.3) is 0 Å². The van der Waals surface area contributed by atoms with E-state index < -0.39 is 0 Å². The highest BCUT2D eigenvalue weighted by molar-refractivity contribution is 7.80. The molecule has 0 bridgehead atoms. The van der Waals surface area contributed by atoms with Crippen molar-refractivity contribution in [1.29, 1.82) is 0 Å². The van der Waals surface area contributed by atoms with Crippen LogP contribution in [0, 0.1) is 0 Å². The number of imide groups is 1. The van der Waals surface area contributed by atoms with E-state index in [9.17, 15) is 9.59 Å². The zero-order valence-corrected chi connectivity index (χ0v) is 8.10. The molecule has 1 saturated heterocycles. The predicted octanol–water partition coefficient (Wildman–Crippen LogP) is 0.202. The molecule has 1 fully saturated rings. The molecule has 1 heterocycles. The maximum atomic E-state index is 11.2. The van der Waals surface area contributed by atoms with Gasteiger partial charge < -0.3 is 5.73 Å². The molecular formula is C8H12N2O2S. The Hall–Kier alpha value is -0.970. The van der Waals surface area contributed by atoms with Crippen LogP contribution >= 0.6 is 12.2 Å². The number of nitrogens with two attached hydrogens (primary N) is 1. The maximum Gasteiger partial charge on any atom is 0.229 e. The van der Waals surface area contributed by atoms with Gasteiger partial charge >= 0.3 is 0 Å². The third-order valence-corrected chi connectivity index (χ3v) is 2.17. The Morgan fingerprint density at radius 3 is 2.38 bits per heavy atom. The smallest absolute Gasteiger partial charge is 0.229 e. The summed E-state index contributed by atoms with van der Waals surface area (Å²) in [5, 5.41) is 0. The molecule has 2 amide bonds. The molecule has 0 aromatic heterocycles. The topological polar surface area (TPSA) is 63.4 Å². The Labute approximate surface area is 82.1 Å². The fourth-order valence-electron chi connectivity index (χ4n) is 1.27. The number of nitrogens with zero attached hydrogens (tertiary/aromatic N) is 1. The van der Waals surface area contributed by atoms with Crippen molar-refractivity contribution in [1.82, 2.24) is 4.90 Å². The highest BCUT2D eigenvalue weighted by Gasteiger charge is 2.25. The van der Waals surface area contributed by atoms with Crippen molar-refractivity contribution in [2.45, 2.75) is 25.7 Å². The number of rotatable bonds is 3. The lowest BCUT2D eigenvalue weighted by Crippen LogP contribution is -2.41. The Bertz CT molecular complexity index is 237. The third kappa shape index (κ3) is 2.77. The molecular weight excluding hydrogens is 188 g/mol. The number of likely N-dealkylation sites (tertiary alicyclic amines) is 1. The van der Waals surface area contributed by atoms with E-state index in [2.05, 4.69) is 12.2 Å². The van der Waals surface area contributed by atoms with Gasteiger partial charge in [0, 0.05) is 25.8 Å². The number of carbonyl (C=O) groups is 2. The van der Waals surface area contributed by atoms with E-state index in [-0.39, 0.29) is 11.8 Å². The standard InChI is InChI=1S/C8H12N2O2S/c9-6(13)4-5-10-7(11)2-1-3-8(10)12/h1-5H2,(H2,9,13). The fraction of sp³-hybridized carbons (Fsp3) is 0.625. The van der Waals surface area contributed by atoms with Crippen molar-refractivity contribution in [3.63, 3.8) is 0 Å². The minimum absolute atomic E-state index is 0.104. The van der Waals surface area contributed by atoms with Crippen LogP contribution in [0.1, 0.15) is 25.7 Å². The van der Waals surface area contributed by atoms with Crippen molar-refractivity contribution >= 4 is 29.0 Å². The van der Waals surface area contributed by atoms with Gasteiger partial charge in [0.15, 0.2) is 0 Å². The molecule has 2 N–H and O–H groups in total. The molecule has 0 unspecified atom stereocenters. The fourth-order valence-corrected chi connectivity index (χ4v) is 1.36. The first-order chi connectivity index (χ1) is 6.11. The Balaban J connectivity index is 2.49. The Kier molecular flexibility index (Phi) is 3.36. The number of hydrogen-bond donors (Lipinski definition) is 1. The molecule has 0 aliphatic carbocycles. The molecule has 1 rings (SSSR count). The van der Waals surface area contributed by atoms with Crippen molar-refractivity contribution < 1.29 is 9.59 Å². The van der Waals surface area contributed by atoms with E-state index in [1.807, 2.05) is 0 Å². The Morgan fingerprint density at radius 1 is 1.38 bits per heavy atom. The molecule has 0 aromatic rings. The van der Waals surface area contributed by atoms with Crippen molar-refractivity contribution in [3.05, 3.63) is 0 Å². The number of carbonyl (C=O) groups excluding carboxylic acids is 2. The van der Waals surface area contributed by atoms with E-state index in [0.29, 0.717) is 37.2 Å². The molecule has 0 saturated carbocycles. The third-order valence-electron chi connectivity index (χ3n) is 1.97. The quantitative estimate of drug-likeness (QED) is 0.522. The molecule has 72 valence electrons. The Morgan fingerprint density at radius 2 is 1.92 bits per heavy atom. The minimum atomic E-state index is -0.104. The van der Waals surface area contributed by atoms with Crippen LogP contribution in [-0.4, -0.2) is 28.2 Å². The van der Waals surface area contributed by atoms with Crippen molar-refractivity contribution in [3.8, 4) is 0 Å². The van der Waals surface area contributed by atoms with Gasteiger partial charge in [-0.25, -0.2) is 0 Å². The lowest BCUT2D eigenvalue weighted by molar-refractivity contribution is -0.147. The molecule has 0 atom stereocenters. The summed E-state index contributed by atoms with van der Waals surface area (Å²) in [6, 6.07) is 0. The van der Waals surface area contributed by atoms with Gasteiger partial charge in [-0.3, -0.25) is 14.5 Å². The van der Waals surface area contributed by atoms with E-state index in [4.69, 9.17) is 5.73 Å². The molecule has 4 nitrogen and oxygen atoms in total. The van der Waals surface area contributed by atoms with Gasteiger partial charge in [-0.2, -0.15) is 0 Å². The van der Waals surface area contributed by atoms with Crippen molar-refractivity contribution in [2.75, 3.05) is 6.54 Å². The van der Waals surface area contributed by atoms with Crippen LogP contribution in [0.15, 0.2) is 0 Å². The number of thiocarbonyl (C=S) groups is 1. The summed E-state index contributed by atoms with van der Waals surface area (Å²) in [5.74, 6) is -0.208. The molecule has 1 aliphatic rings. The lowest BCUT2D eigenvalue weighted by atomic mass is 10.1. The highest BCUT2D eigenvalue weighted by atomic mass is 32.1. The molecule has 1 aliphatic heterocycles. The van der Waals surface area contributed by atoms with Crippen LogP contribution in [-0.2, 0) is 9.59 Å². The van der Waals surface area contributed by atoms with E-state index in [1.54, 1.807) is 0 Å². The normalized spacial score (nSPS) is 17.7. The van der Waals surface area contributed by atoms with Crippen LogP contribution in [0.4, 0.5) is 0 Å². The predicted molar refractivity (Wildman–Crippen MR) is 52.0 cm³/mol. The second-order valence-corrected chi connectivity index (χ2v) is 3.53. The van der Waals surface area contributed by atoms with Crippen LogP contribution in [0.2, 0.25) is 0 Å². The first-order valence-electron chi connectivity index (χ1n) is 4.23. The molecule has 5 heteroatoms. The number of hydrogen-bond acceptors (Lipinski definition) is 3. The van der Waals surface area contributed by atoms with Gasteiger partial charge in [0.25, 0.3) is 0 Å². The number of amides is 2. The average molecular weight is 200 g/mol. The summed E-state index contributed by atoms with van der Waals surface area (Å²) in [5.41, 5.74) is 5.28.